The summed E-state index contributed by atoms with van der Waals surface area (Å²) in [6.45, 7) is 0.500. The Hall–Kier alpha value is -1.56. The summed E-state index contributed by atoms with van der Waals surface area (Å²) < 4.78 is 1.38. The van der Waals surface area contributed by atoms with Gasteiger partial charge in [0.15, 0.2) is 5.69 Å². The number of carbonyl (C=O) groups is 2. The molecule has 0 aliphatic heterocycles. The normalized spacial score (nSPS) is 10.2. The van der Waals surface area contributed by atoms with Crippen LogP contribution in [0.2, 0.25) is 0 Å². The van der Waals surface area contributed by atoms with E-state index in [0.717, 1.165) is 12.8 Å². The summed E-state index contributed by atoms with van der Waals surface area (Å²) in [4.78, 5) is 22.8. The van der Waals surface area contributed by atoms with Gasteiger partial charge in [-0.2, -0.15) is 5.10 Å². The van der Waals surface area contributed by atoms with Gasteiger partial charge >= 0.3 is 0 Å². The molecule has 0 saturated heterocycles. The zero-order chi connectivity index (χ0) is 12.8. The Balaban J connectivity index is 2.65. The quantitative estimate of drug-likeness (QED) is 0.567. The number of amides is 2. The van der Waals surface area contributed by atoms with Crippen molar-refractivity contribution in [1.29, 1.82) is 0 Å². The van der Waals surface area contributed by atoms with Crippen molar-refractivity contribution in [3.05, 3.63) is 17.5 Å². The van der Waals surface area contributed by atoms with Gasteiger partial charge in [0, 0.05) is 25.7 Å². The molecule has 0 bridgehead atoms. The Morgan fingerprint density at radius 3 is 2.82 bits per heavy atom. The first-order chi connectivity index (χ1) is 8.06. The number of nitrogens with two attached hydrogens (primary N) is 1. The van der Waals surface area contributed by atoms with Crippen molar-refractivity contribution >= 4 is 23.4 Å². The van der Waals surface area contributed by atoms with E-state index in [1.54, 1.807) is 7.05 Å². The third-order valence-corrected chi connectivity index (χ3v) is 2.42. The summed E-state index contributed by atoms with van der Waals surface area (Å²) >= 11 is 5.51. The highest BCUT2D eigenvalue weighted by atomic mass is 35.5. The van der Waals surface area contributed by atoms with Crippen LogP contribution < -0.4 is 11.1 Å². The lowest BCUT2D eigenvalue weighted by Gasteiger charge is -2.02. The number of hydrogen-bond acceptors (Lipinski definition) is 3. The van der Waals surface area contributed by atoms with E-state index >= 15 is 0 Å². The van der Waals surface area contributed by atoms with E-state index in [1.807, 2.05) is 0 Å². The van der Waals surface area contributed by atoms with Gasteiger partial charge in [-0.25, -0.2) is 0 Å². The monoisotopic (exact) mass is 258 g/mol. The van der Waals surface area contributed by atoms with Crippen molar-refractivity contribution in [3.63, 3.8) is 0 Å². The minimum Gasteiger partial charge on any atom is -0.365 e. The zero-order valence-corrected chi connectivity index (χ0v) is 10.3. The first kappa shape index (κ1) is 13.5. The molecule has 0 aromatic carbocycles. The lowest BCUT2D eigenvalue weighted by atomic mass is 10.2. The van der Waals surface area contributed by atoms with Crippen molar-refractivity contribution in [2.24, 2.45) is 12.8 Å². The van der Waals surface area contributed by atoms with Gasteiger partial charge in [-0.15, -0.1) is 11.6 Å². The number of nitrogens with zero attached hydrogens (tertiary/aromatic N) is 2. The zero-order valence-electron chi connectivity index (χ0n) is 9.57. The number of aryl methyl sites for hydroxylation is 1. The van der Waals surface area contributed by atoms with Crippen LogP contribution in [-0.2, 0) is 7.05 Å². The van der Waals surface area contributed by atoms with Crippen molar-refractivity contribution in [2.75, 3.05) is 12.4 Å². The fourth-order valence-electron chi connectivity index (χ4n) is 1.34. The van der Waals surface area contributed by atoms with E-state index in [2.05, 4.69) is 10.4 Å². The highest BCUT2D eigenvalue weighted by Gasteiger charge is 2.18. The van der Waals surface area contributed by atoms with Crippen LogP contribution in [0.3, 0.4) is 0 Å². The van der Waals surface area contributed by atoms with E-state index in [1.165, 1.54) is 10.9 Å². The molecule has 94 valence electrons. The van der Waals surface area contributed by atoms with Gasteiger partial charge in [-0.05, 0) is 12.8 Å². The van der Waals surface area contributed by atoms with Crippen LogP contribution in [-0.4, -0.2) is 34.0 Å². The van der Waals surface area contributed by atoms with E-state index in [4.69, 9.17) is 17.3 Å². The first-order valence-electron chi connectivity index (χ1n) is 5.24. The molecule has 6 nitrogen and oxygen atoms in total. The number of aromatic nitrogens is 2. The molecule has 1 aromatic heterocycles. The molecule has 7 heteroatoms. The minimum atomic E-state index is -0.663. The fourth-order valence-corrected chi connectivity index (χ4v) is 1.53. The van der Waals surface area contributed by atoms with Gasteiger partial charge < -0.3 is 11.1 Å². The van der Waals surface area contributed by atoms with Crippen molar-refractivity contribution in [2.45, 2.75) is 12.8 Å². The van der Waals surface area contributed by atoms with Gasteiger partial charge in [0.1, 0.15) is 0 Å². The average molecular weight is 259 g/mol. The number of alkyl halides is 1. The predicted molar refractivity (Wildman–Crippen MR) is 64.0 cm³/mol. The lowest BCUT2D eigenvalue weighted by Crippen LogP contribution is -2.27. The number of halogens is 1. The molecule has 3 N–H and O–H groups in total. The van der Waals surface area contributed by atoms with Crippen molar-refractivity contribution < 1.29 is 9.59 Å². The summed E-state index contributed by atoms with van der Waals surface area (Å²) in [5.41, 5.74) is 5.34. The third-order valence-electron chi connectivity index (χ3n) is 2.16. The van der Waals surface area contributed by atoms with Crippen LogP contribution in [0.25, 0.3) is 0 Å². The summed E-state index contributed by atoms with van der Waals surface area (Å²) in [5, 5.41) is 6.57. The molecular formula is C10H15ClN4O2. The van der Waals surface area contributed by atoms with Crippen LogP contribution in [0.15, 0.2) is 6.20 Å². The Bertz CT molecular complexity index is 416. The summed E-state index contributed by atoms with van der Waals surface area (Å²) in [5.74, 6) is -0.496. The Kier molecular flexibility index (Phi) is 4.96. The number of carbonyl (C=O) groups excluding carboxylic acids is 2. The second-order valence-corrected chi connectivity index (χ2v) is 3.96. The van der Waals surface area contributed by atoms with Crippen LogP contribution in [0.5, 0.6) is 0 Å². The second-order valence-electron chi connectivity index (χ2n) is 3.58. The van der Waals surface area contributed by atoms with Gasteiger partial charge in [0.25, 0.3) is 11.8 Å². The Labute approximate surface area is 104 Å². The molecule has 0 fully saturated rings. The predicted octanol–water partition coefficient (Wildman–Crippen LogP) is 0.268. The summed E-state index contributed by atoms with van der Waals surface area (Å²) in [6.07, 6.45) is 3.04. The molecule has 0 radical (unpaired) electrons. The fraction of sp³-hybridized carbons (Fsp3) is 0.500. The number of rotatable bonds is 6. The van der Waals surface area contributed by atoms with E-state index in [0.29, 0.717) is 12.4 Å². The first-order valence-corrected chi connectivity index (χ1v) is 5.77. The Morgan fingerprint density at radius 1 is 1.53 bits per heavy atom. The van der Waals surface area contributed by atoms with Crippen LogP contribution >= 0.6 is 11.6 Å². The Morgan fingerprint density at radius 2 is 2.24 bits per heavy atom. The maximum Gasteiger partial charge on any atom is 0.272 e. The maximum absolute atomic E-state index is 11.7. The van der Waals surface area contributed by atoms with Crippen molar-refractivity contribution in [1.82, 2.24) is 15.1 Å². The second kappa shape index (κ2) is 6.24. The third kappa shape index (κ3) is 3.74. The number of nitrogens with one attached hydrogen (secondary N) is 1. The number of primary amides is 1. The minimum absolute atomic E-state index is 0.0610. The van der Waals surface area contributed by atoms with Gasteiger partial charge in [0.2, 0.25) is 0 Å². The standard InChI is InChI=1S/C10H15ClN4O2/c1-15-6-7(9(12)16)8(14-15)10(17)13-5-3-2-4-11/h6H,2-5H2,1H3,(H2,12,16)(H,13,17). The maximum atomic E-state index is 11.7. The van der Waals surface area contributed by atoms with Crippen LogP contribution in [0.1, 0.15) is 33.7 Å². The van der Waals surface area contributed by atoms with Gasteiger partial charge in [-0.1, -0.05) is 0 Å². The molecule has 1 rings (SSSR count). The smallest absolute Gasteiger partial charge is 0.272 e. The average Bonchev–Trinajstić information content (AvgIpc) is 2.66. The van der Waals surface area contributed by atoms with E-state index in [-0.39, 0.29) is 11.3 Å². The molecule has 17 heavy (non-hydrogen) atoms. The molecule has 0 spiro atoms. The van der Waals surface area contributed by atoms with E-state index < -0.39 is 11.8 Å². The SMILES string of the molecule is Cn1cc(C(N)=O)c(C(=O)NCCCCCl)n1. The molecule has 2 amide bonds. The van der Waals surface area contributed by atoms with Crippen molar-refractivity contribution in [3.8, 4) is 0 Å². The summed E-state index contributed by atoms with van der Waals surface area (Å²) in [7, 11) is 1.62. The molecular weight excluding hydrogens is 244 g/mol. The molecule has 0 unspecified atom stereocenters. The van der Waals surface area contributed by atoms with Crippen LogP contribution in [0, 0.1) is 0 Å². The summed E-state index contributed by atoms with van der Waals surface area (Å²) in [6, 6.07) is 0. The highest BCUT2D eigenvalue weighted by Crippen LogP contribution is 2.05. The lowest BCUT2D eigenvalue weighted by molar-refractivity contribution is 0.0931. The topological polar surface area (TPSA) is 90.0 Å². The largest absolute Gasteiger partial charge is 0.365 e. The van der Waals surface area contributed by atoms with E-state index in [9.17, 15) is 9.59 Å². The van der Waals surface area contributed by atoms with Gasteiger partial charge in [-0.3, -0.25) is 14.3 Å². The molecule has 0 aliphatic rings. The molecule has 1 aromatic rings. The number of hydrogen-bond donors (Lipinski definition) is 2. The molecule has 0 atom stereocenters. The molecule has 0 aliphatic carbocycles. The van der Waals surface area contributed by atoms with Crippen LogP contribution in [0.4, 0.5) is 0 Å². The molecule has 1 heterocycles. The molecule has 0 saturated carbocycles. The van der Waals surface area contributed by atoms with Gasteiger partial charge in [0.05, 0.1) is 5.56 Å². The highest BCUT2D eigenvalue weighted by molar-refractivity contribution is 6.17. The number of unbranched alkanes of at least 4 members (excludes halogenated alkanes) is 1.